The van der Waals surface area contributed by atoms with Gasteiger partial charge in [0.05, 0.1) is 5.54 Å². The van der Waals surface area contributed by atoms with E-state index in [4.69, 9.17) is 5.73 Å². The molecular weight excluding hydrogens is 264 g/mol. The summed E-state index contributed by atoms with van der Waals surface area (Å²) >= 11 is 0. The molecule has 0 saturated heterocycles. The van der Waals surface area contributed by atoms with Crippen LogP contribution in [-0.2, 0) is 10.3 Å². The molecule has 3 nitrogen and oxygen atoms in total. The van der Waals surface area contributed by atoms with Crippen LogP contribution in [0.5, 0.6) is 0 Å². The van der Waals surface area contributed by atoms with Crippen LogP contribution in [0.25, 0.3) is 0 Å². The highest BCUT2D eigenvalue weighted by atomic mass is 19.4. The van der Waals surface area contributed by atoms with Crippen LogP contribution in [0, 0.1) is 5.82 Å². The van der Waals surface area contributed by atoms with Gasteiger partial charge in [-0.1, -0.05) is 18.2 Å². The van der Waals surface area contributed by atoms with E-state index in [9.17, 15) is 17.6 Å². The SMILES string of the molecule is C[C@@]1(c2ccccc2F)C[C@@H](C(F)(F)F)OC(N)=N1. The quantitative estimate of drug-likeness (QED) is 0.802. The largest absolute Gasteiger partial charge is 0.452 e. The van der Waals surface area contributed by atoms with Crippen LogP contribution < -0.4 is 5.73 Å². The number of alkyl halides is 3. The van der Waals surface area contributed by atoms with E-state index >= 15 is 0 Å². The van der Waals surface area contributed by atoms with Crippen LogP contribution in [0.2, 0.25) is 0 Å². The molecule has 2 N–H and O–H groups in total. The van der Waals surface area contributed by atoms with Gasteiger partial charge in [-0.3, -0.25) is 0 Å². The molecule has 0 aliphatic carbocycles. The average molecular weight is 276 g/mol. The molecule has 1 aliphatic rings. The summed E-state index contributed by atoms with van der Waals surface area (Å²) in [6, 6.07) is 4.97. The Morgan fingerprint density at radius 1 is 1.37 bits per heavy atom. The fourth-order valence-electron chi connectivity index (χ4n) is 2.11. The lowest BCUT2D eigenvalue weighted by Gasteiger charge is -2.35. The summed E-state index contributed by atoms with van der Waals surface area (Å²) in [5.74, 6) is -0.621. The number of rotatable bonds is 1. The lowest BCUT2D eigenvalue weighted by Crippen LogP contribution is -2.46. The molecule has 0 bridgehead atoms. The fraction of sp³-hybridized carbons (Fsp3) is 0.417. The number of nitrogens with zero attached hydrogens (tertiary/aromatic N) is 1. The molecule has 1 heterocycles. The highest BCUT2D eigenvalue weighted by Crippen LogP contribution is 2.40. The number of hydrogen-bond donors (Lipinski definition) is 1. The van der Waals surface area contributed by atoms with E-state index in [1.165, 1.54) is 31.2 Å². The van der Waals surface area contributed by atoms with Crippen molar-refractivity contribution in [2.45, 2.75) is 31.2 Å². The number of hydrogen-bond acceptors (Lipinski definition) is 3. The Labute approximate surface area is 107 Å². The molecule has 0 fully saturated rings. The first-order valence-electron chi connectivity index (χ1n) is 5.56. The van der Waals surface area contributed by atoms with Crippen LogP contribution in [0.4, 0.5) is 17.6 Å². The highest BCUT2D eigenvalue weighted by molar-refractivity contribution is 5.73. The van der Waals surface area contributed by atoms with Gasteiger partial charge in [0.2, 0.25) is 0 Å². The number of halogens is 4. The molecule has 7 heteroatoms. The zero-order valence-electron chi connectivity index (χ0n) is 10.0. The van der Waals surface area contributed by atoms with Crippen molar-refractivity contribution in [2.24, 2.45) is 10.7 Å². The zero-order chi connectivity index (χ0) is 14.3. The molecule has 0 radical (unpaired) electrons. The molecule has 19 heavy (non-hydrogen) atoms. The van der Waals surface area contributed by atoms with Crippen molar-refractivity contribution < 1.29 is 22.3 Å². The van der Waals surface area contributed by atoms with Crippen molar-refractivity contribution in [3.63, 3.8) is 0 Å². The van der Waals surface area contributed by atoms with Gasteiger partial charge in [-0.05, 0) is 13.0 Å². The molecule has 1 aromatic rings. The van der Waals surface area contributed by atoms with Gasteiger partial charge in [-0.25, -0.2) is 9.38 Å². The van der Waals surface area contributed by atoms with Crippen molar-refractivity contribution in [2.75, 3.05) is 0 Å². The minimum atomic E-state index is -4.58. The molecular formula is C12H12F4N2O. The van der Waals surface area contributed by atoms with Crippen molar-refractivity contribution in [3.8, 4) is 0 Å². The first-order chi connectivity index (χ1) is 8.72. The van der Waals surface area contributed by atoms with E-state index in [0.717, 1.165) is 0 Å². The van der Waals surface area contributed by atoms with E-state index in [2.05, 4.69) is 9.73 Å². The molecule has 2 rings (SSSR count). The van der Waals surface area contributed by atoms with Crippen LogP contribution >= 0.6 is 0 Å². The van der Waals surface area contributed by atoms with Gasteiger partial charge in [0, 0.05) is 12.0 Å². The number of benzene rings is 1. The van der Waals surface area contributed by atoms with Crippen molar-refractivity contribution in [1.82, 2.24) is 0 Å². The Morgan fingerprint density at radius 2 is 2.00 bits per heavy atom. The number of aliphatic imine (C=N–C) groups is 1. The van der Waals surface area contributed by atoms with Crippen LogP contribution in [-0.4, -0.2) is 18.3 Å². The number of nitrogens with two attached hydrogens (primary N) is 1. The Hall–Kier alpha value is -1.79. The summed E-state index contributed by atoms with van der Waals surface area (Å²) < 4.78 is 56.5. The van der Waals surface area contributed by atoms with Crippen molar-refractivity contribution >= 4 is 6.02 Å². The number of ether oxygens (including phenoxy) is 1. The predicted molar refractivity (Wildman–Crippen MR) is 60.9 cm³/mol. The van der Waals surface area contributed by atoms with Gasteiger partial charge in [0.15, 0.2) is 6.10 Å². The molecule has 0 saturated carbocycles. The van der Waals surface area contributed by atoms with Gasteiger partial charge < -0.3 is 10.5 Å². The molecule has 0 spiro atoms. The lowest BCUT2D eigenvalue weighted by molar-refractivity contribution is -0.208. The van der Waals surface area contributed by atoms with E-state index in [1.54, 1.807) is 0 Å². The highest BCUT2D eigenvalue weighted by Gasteiger charge is 2.49. The second-order valence-corrected chi connectivity index (χ2v) is 4.56. The molecule has 0 aromatic heterocycles. The zero-order valence-corrected chi connectivity index (χ0v) is 10.0. The number of amidine groups is 1. The Morgan fingerprint density at radius 3 is 2.58 bits per heavy atom. The maximum atomic E-state index is 13.7. The fourth-order valence-corrected chi connectivity index (χ4v) is 2.11. The molecule has 1 aromatic carbocycles. The third kappa shape index (κ3) is 2.64. The van der Waals surface area contributed by atoms with Crippen molar-refractivity contribution in [1.29, 1.82) is 0 Å². The summed E-state index contributed by atoms with van der Waals surface area (Å²) in [4.78, 5) is 3.84. The maximum absolute atomic E-state index is 13.7. The Kier molecular flexibility index (Phi) is 3.15. The van der Waals surface area contributed by atoms with Crippen LogP contribution in [0.1, 0.15) is 18.9 Å². The van der Waals surface area contributed by atoms with Crippen LogP contribution in [0.15, 0.2) is 29.3 Å². The monoisotopic (exact) mass is 276 g/mol. The van der Waals surface area contributed by atoms with Gasteiger partial charge >= 0.3 is 6.18 Å². The Bertz CT molecular complexity index is 515. The summed E-state index contributed by atoms with van der Waals surface area (Å²) in [6.07, 6.45) is -7.18. The van der Waals surface area contributed by atoms with Gasteiger partial charge in [0.25, 0.3) is 6.02 Å². The van der Waals surface area contributed by atoms with Crippen molar-refractivity contribution in [3.05, 3.63) is 35.6 Å². The third-order valence-corrected chi connectivity index (χ3v) is 3.02. The molecule has 1 aliphatic heterocycles. The minimum Gasteiger partial charge on any atom is -0.452 e. The smallest absolute Gasteiger partial charge is 0.425 e. The van der Waals surface area contributed by atoms with Gasteiger partial charge in [-0.2, -0.15) is 13.2 Å². The van der Waals surface area contributed by atoms with E-state index in [1.807, 2.05) is 0 Å². The summed E-state index contributed by atoms with van der Waals surface area (Å²) in [5.41, 5.74) is 3.96. The van der Waals surface area contributed by atoms with Gasteiger partial charge in [0.1, 0.15) is 5.82 Å². The predicted octanol–water partition coefficient (Wildman–Crippen LogP) is 2.71. The molecule has 104 valence electrons. The average Bonchev–Trinajstić information content (AvgIpc) is 2.27. The summed E-state index contributed by atoms with van der Waals surface area (Å²) in [5, 5.41) is 0. The first-order valence-corrected chi connectivity index (χ1v) is 5.56. The lowest BCUT2D eigenvalue weighted by atomic mass is 9.85. The standard InChI is InChI=1S/C12H12F4N2O/c1-11(7-4-2-3-5-8(7)13)6-9(12(14,15)16)19-10(17)18-11/h2-5,9H,6H2,1H3,(H2,17,18)/t9-,11-/m0/s1. The topological polar surface area (TPSA) is 47.6 Å². The molecule has 2 atom stereocenters. The van der Waals surface area contributed by atoms with E-state index in [-0.39, 0.29) is 5.56 Å². The maximum Gasteiger partial charge on any atom is 0.425 e. The first kappa shape index (κ1) is 13.6. The third-order valence-electron chi connectivity index (χ3n) is 3.02. The minimum absolute atomic E-state index is 0.0653. The summed E-state index contributed by atoms with van der Waals surface area (Å²) in [6.45, 7) is 1.40. The molecule has 0 amide bonds. The van der Waals surface area contributed by atoms with Gasteiger partial charge in [-0.15, -0.1) is 0 Å². The molecule has 0 unspecified atom stereocenters. The normalized spacial score (nSPS) is 27.6. The van der Waals surface area contributed by atoms with Crippen LogP contribution in [0.3, 0.4) is 0 Å². The van der Waals surface area contributed by atoms with E-state index < -0.39 is 36.1 Å². The summed E-state index contributed by atoms with van der Waals surface area (Å²) in [7, 11) is 0. The van der Waals surface area contributed by atoms with E-state index in [0.29, 0.717) is 0 Å². The second kappa shape index (κ2) is 4.40. The second-order valence-electron chi connectivity index (χ2n) is 4.56. The Balaban J connectivity index is 2.43.